The Morgan fingerprint density at radius 2 is 2.00 bits per heavy atom. The Balaban J connectivity index is 1.65. The maximum absolute atomic E-state index is 14.8. The molecule has 0 saturated carbocycles. The van der Waals surface area contributed by atoms with Crippen molar-refractivity contribution < 1.29 is 13.9 Å². The van der Waals surface area contributed by atoms with Crippen LogP contribution in [0.2, 0.25) is 0 Å². The van der Waals surface area contributed by atoms with E-state index in [0.29, 0.717) is 17.0 Å². The molecule has 1 fully saturated rings. The third-order valence-corrected chi connectivity index (χ3v) is 5.46. The number of carbonyl (C=O) groups is 1. The van der Waals surface area contributed by atoms with Gasteiger partial charge >= 0.3 is 0 Å². The third kappa shape index (κ3) is 2.03. The molecule has 1 saturated heterocycles. The van der Waals surface area contributed by atoms with Crippen molar-refractivity contribution in [2.45, 2.75) is 37.7 Å². The van der Waals surface area contributed by atoms with Crippen LogP contribution in [0, 0.1) is 0 Å². The molecule has 5 aliphatic rings. The van der Waals surface area contributed by atoms with Gasteiger partial charge in [-0.1, -0.05) is 12.2 Å². The van der Waals surface area contributed by atoms with Crippen molar-refractivity contribution in [1.82, 2.24) is 4.90 Å². The quantitative estimate of drug-likeness (QED) is 0.738. The van der Waals surface area contributed by atoms with E-state index in [1.54, 1.807) is 0 Å². The molecule has 0 radical (unpaired) electrons. The molecule has 0 amide bonds. The number of allylic oxidation sites excluding steroid dienone is 3. The second-order valence-electron chi connectivity index (χ2n) is 7.01. The Bertz CT molecular complexity index is 856. The van der Waals surface area contributed by atoms with Crippen LogP contribution in [0.25, 0.3) is 0 Å². The number of piperidine rings is 1. The van der Waals surface area contributed by atoms with E-state index >= 15 is 0 Å². The van der Waals surface area contributed by atoms with E-state index in [1.165, 1.54) is 12.8 Å². The number of fused-ring (bicyclic) bond motifs is 1. The van der Waals surface area contributed by atoms with Gasteiger partial charge in [0.25, 0.3) is 0 Å². The van der Waals surface area contributed by atoms with Crippen LogP contribution in [-0.2, 0) is 9.53 Å². The number of rotatable bonds is 1. The molecule has 1 unspecified atom stereocenters. The predicted molar refractivity (Wildman–Crippen MR) is 91.8 cm³/mol. The van der Waals surface area contributed by atoms with Crippen molar-refractivity contribution in [2.24, 2.45) is 9.98 Å². The van der Waals surface area contributed by atoms with Crippen LogP contribution in [0.15, 0.2) is 56.6 Å². The fourth-order valence-corrected chi connectivity index (χ4v) is 4.30. The Labute approximate surface area is 145 Å². The molecule has 2 aliphatic carbocycles. The van der Waals surface area contributed by atoms with Crippen molar-refractivity contribution in [1.29, 1.82) is 0 Å². The SMILES string of the molecule is O=C1CC2=CC=C3C=C(N4CCCCC4)N=C4N=COC34C2=C(F)C1. The smallest absolute Gasteiger partial charge is 0.222 e. The molecule has 1 spiro atoms. The first-order valence-electron chi connectivity index (χ1n) is 8.77. The highest BCUT2D eigenvalue weighted by Crippen LogP contribution is 2.49. The van der Waals surface area contributed by atoms with E-state index < -0.39 is 11.4 Å². The summed E-state index contributed by atoms with van der Waals surface area (Å²) in [4.78, 5) is 23.1. The molecule has 0 aromatic carbocycles. The van der Waals surface area contributed by atoms with Gasteiger partial charge in [-0.3, -0.25) is 4.79 Å². The predicted octanol–water partition coefficient (Wildman–Crippen LogP) is 2.98. The fourth-order valence-electron chi connectivity index (χ4n) is 4.30. The first kappa shape index (κ1) is 14.8. The summed E-state index contributed by atoms with van der Waals surface area (Å²) in [5, 5.41) is 0. The maximum Gasteiger partial charge on any atom is 0.222 e. The summed E-state index contributed by atoms with van der Waals surface area (Å²) in [7, 11) is 0. The molecule has 3 aliphatic heterocycles. The van der Waals surface area contributed by atoms with Gasteiger partial charge in [-0.2, -0.15) is 4.99 Å². The van der Waals surface area contributed by atoms with Gasteiger partial charge in [0.15, 0.2) is 12.2 Å². The average Bonchev–Trinajstić information content (AvgIpc) is 3.03. The molecule has 0 aromatic rings. The van der Waals surface area contributed by atoms with Gasteiger partial charge < -0.3 is 9.64 Å². The maximum atomic E-state index is 14.8. The van der Waals surface area contributed by atoms with Gasteiger partial charge in [-0.15, -0.1) is 0 Å². The van der Waals surface area contributed by atoms with Crippen LogP contribution < -0.4 is 0 Å². The lowest BCUT2D eigenvalue weighted by Crippen LogP contribution is -2.46. The molecule has 0 N–H and O–H groups in total. The Hall–Kier alpha value is -2.50. The number of halogens is 1. The fraction of sp³-hybridized carbons (Fsp3) is 0.421. The lowest BCUT2D eigenvalue weighted by molar-refractivity contribution is -0.118. The third-order valence-electron chi connectivity index (χ3n) is 5.46. The Morgan fingerprint density at radius 1 is 1.16 bits per heavy atom. The Kier molecular flexibility index (Phi) is 3.11. The second kappa shape index (κ2) is 5.25. The first-order valence-corrected chi connectivity index (χ1v) is 8.77. The number of Topliss-reactive ketones (excluding diaryl/α,β-unsaturated/α-hetero) is 1. The molecule has 25 heavy (non-hydrogen) atoms. The normalized spacial score (nSPS) is 30.6. The second-order valence-corrected chi connectivity index (χ2v) is 7.01. The lowest BCUT2D eigenvalue weighted by Gasteiger charge is -2.40. The zero-order chi connectivity index (χ0) is 17.0. The Morgan fingerprint density at radius 3 is 2.84 bits per heavy atom. The number of nitrogens with zero attached hydrogens (tertiary/aromatic N) is 3. The molecule has 0 aromatic heterocycles. The standard InChI is InChI=1S/C19H18FN3O2/c20-15-10-14(24)8-12-4-5-13-9-16(23-6-2-1-3-7-23)22-18-19(13,17(12)15)25-11-21-18/h4-5,9,11H,1-3,6-8,10H2. The molecular formula is C19H18FN3O2. The number of hydrogen-bond donors (Lipinski definition) is 0. The van der Waals surface area contributed by atoms with E-state index in [2.05, 4.69) is 9.89 Å². The zero-order valence-corrected chi connectivity index (χ0v) is 13.8. The zero-order valence-electron chi connectivity index (χ0n) is 13.8. The largest absolute Gasteiger partial charge is 0.459 e. The van der Waals surface area contributed by atoms with Gasteiger partial charge in [-0.25, -0.2) is 9.38 Å². The highest BCUT2D eigenvalue weighted by molar-refractivity contribution is 6.09. The van der Waals surface area contributed by atoms with Crippen LogP contribution in [0.3, 0.4) is 0 Å². The molecule has 5 rings (SSSR count). The van der Waals surface area contributed by atoms with Crippen LogP contribution in [0.5, 0.6) is 0 Å². The molecule has 6 heteroatoms. The molecule has 128 valence electrons. The molecule has 0 bridgehead atoms. The summed E-state index contributed by atoms with van der Waals surface area (Å²) in [5.74, 6) is 0.788. The summed E-state index contributed by atoms with van der Waals surface area (Å²) in [6, 6.07) is 0. The van der Waals surface area contributed by atoms with E-state index in [0.717, 1.165) is 37.3 Å². The highest BCUT2D eigenvalue weighted by atomic mass is 19.1. The van der Waals surface area contributed by atoms with Gasteiger partial charge in [0.05, 0.1) is 6.42 Å². The number of hydrogen-bond acceptors (Lipinski definition) is 5. The number of aliphatic imine (C=N–C) groups is 2. The lowest BCUT2D eigenvalue weighted by atomic mass is 9.72. The van der Waals surface area contributed by atoms with Crippen molar-refractivity contribution >= 4 is 18.0 Å². The minimum atomic E-state index is -1.12. The summed E-state index contributed by atoms with van der Waals surface area (Å²) >= 11 is 0. The molecule has 1 atom stereocenters. The van der Waals surface area contributed by atoms with Crippen LogP contribution in [0.1, 0.15) is 32.1 Å². The highest BCUT2D eigenvalue weighted by Gasteiger charge is 2.54. The first-order chi connectivity index (χ1) is 12.2. The van der Waals surface area contributed by atoms with Crippen LogP contribution >= 0.6 is 0 Å². The number of carbonyl (C=O) groups excluding carboxylic acids is 1. The number of amidine groups is 1. The topological polar surface area (TPSA) is 54.3 Å². The summed E-state index contributed by atoms with van der Waals surface area (Å²) in [6.45, 7) is 1.94. The van der Waals surface area contributed by atoms with Gasteiger partial charge in [0.2, 0.25) is 5.60 Å². The average molecular weight is 339 g/mol. The molecule has 5 nitrogen and oxygen atoms in total. The van der Waals surface area contributed by atoms with Crippen molar-refractivity contribution in [3.8, 4) is 0 Å². The summed E-state index contributed by atoms with van der Waals surface area (Å²) in [6.07, 6.45) is 10.7. The van der Waals surface area contributed by atoms with Gasteiger partial charge in [0.1, 0.15) is 17.4 Å². The monoisotopic (exact) mass is 339 g/mol. The van der Waals surface area contributed by atoms with E-state index in [4.69, 9.17) is 9.73 Å². The van der Waals surface area contributed by atoms with E-state index in [1.807, 2.05) is 18.2 Å². The number of ketones is 1. The number of likely N-dealkylation sites (tertiary alicyclic amines) is 1. The minimum Gasteiger partial charge on any atom is -0.459 e. The van der Waals surface area contributed by atoms with Gasteiger partial charge in [-0.05, 0) is 30.9 Å². The van der Waals surface area contributed by atoms with Crippen molar-refractivity contribution in [2.75, 3.05) is 13.1 Å². The molecule has 3 heterocycles. The van der Waals surface area contributed by atoms with E-state index in [9.17, 15) is 9.18 Å². The van der Waals surface area contributed by atoms with Crippen molar-refractivity contribution in [3.05, 3.63) is 46.6 Å². The van der Waals surface area contributed by atoms with Gasteiger partial charge in [0, 0.05) is 30.7 Å². The van der Waals surface area contributed by atoms with Crippen LogP contribution in [0.4, 0.5) is 4.39 Å². The summed E-state index contributed by atoms with van der Waals surface area (Å²) in [5.41, 5.74) is 0.813. The minimum absolute atomic E-state index is 0.112. The van der Waals surface area contributed by atoms with E-state index in [-0.39, 0.29) is 18.6 Å². The van der Waals surface area contributed by atoms with Crippen LogP contribution in [-0.4, -0.2) is 41.6 Å². The molecular weight excluding hydrogens is 321 g/mol. The summed E-state index contributed by atoms with van der Waals surface area (Å²) < 4.78 is 20.6. The number of ether oxygens (including phenoxy) is 1. The van der Waals surface area contributed by atoms with Crippen molar-refractivity contribution in [3.63, 3.8) is 0 Å².